The van der Waals surface area contributed by atoms with Crippen molar-refractivity contribution in [1.82, 2.24) is 5.32 Å². The quantitative estimate of drug-likeness (QED) is 0.0204. The maximum Gasteiger partial charge on any atom is 0.220 e. The van der Waals surface area contributed by atoms with Gasteiger partial charge in [0.2, 0.25) is 5.91 Å². The Balaban J connectivity index is 1.64. The second-order valence-electron chi connectivity index (χ2n) is 25.7. The maximum atomic E-state index is 13.4. The highest BCUT2D eigenvalue weighted by Crippen LogP contribution is 2.30. The molecule has 506 valence electrons. The zero-order chi connectivity index (χ0) is 62.3. The zero-order valence-electron chi connectivity index (χ0n) is 55.1. The third-order valence-corrected chi connectivity index (χ3v) is 17.9. The fourth-order valence-electron chi connectivity index (χ4n) is 12.1. The summed E-state index contributed by atoms with van der Waals surface area (Å²) in [6.45, 7) is 2.90. The Kier molecular flexibility index (Phi) is 53.4. The molecule has 12 unspecified atom stereocenters. The summed E-state index contributed by atoms with van der Waals surface area (Å²) < 4.78 is 22.9. The van der Waals surface area contributed by atoms with E-state index >= 15 is 0 Å². The van der Waals surface area contributed by atoms with Gasteiger partial charge in [0.25, 0.3) is 0 Å². The smallest absolute Gasteiger partial charge is 0.220 e. The number of amides is 1. The van der Waals surface area contributed by atoms with Crippen LogP contribution in [-0.2, 0) is 23.7 Å². The Bertz CT molecular complexity index is 1580. The molecule has 2 fully saturated rings. The van der Waals surface area contributed by atoms with Crippen LogP contribution in [0.25, 0.3) is 0 Å². The monoisotopic (exact) mass is 1220 g/mol. The van der Waals surface area contributed by atoms with Gasteiger partial charge >= 0.3 is 0 Å². The SMILES string of the molecule is CCCCCCC/C=C\C/C=C\C/C=C\CCCCCCCCCCCCCCCCCCC(=O)NC(COC1OC(CO)C(OC2OC(CO)C(O)C(O)C2O)C(O)C1O)C(O)CCCCCCCCCCCCCCCCCCCCCCC. The molecule has 0 radical (unpaired) electrons. The van der Waals surface area contributed by atoms with Crippen LogP contribution in [0.5, 0.6) is 0 Å². The van der Waals surface area contributed by atoms with Crippen LogP contribution in [0.15, 0.2) is 36.5 Å². The largest absolute Gasteiger partial charge is 0.394 e. The van der Waals surface area contributed by atoms with Gasteiger partial charge in [-0.25, -0.2) is 0 Å². The number of aliphatic hydroxyl groups excluding tert-OH is 8. The van der Waals surface area contributed by atoms with E-state index in [9.17, 15) is 45.6 Å². The Hall–Kier alpha value is -1.79. The summed E-state index contributed by atoms with van der Waals surface area (Å²) in [5.74, 6) is -0.202. The molecular weight excluding hydrogens is 1090 g/mol. The van der Waals surface area contributed by atoms with Crippen LogP contribution in [0, 0.1) is 0 Å². The minimum atomic E-state index is -1.78. The minimum Gasteiger partial charge on any atom is -0.394 e. The van der Waals surface area contributed by atoms with Crippen LogP contribution in [0.4, 0.5) is 0 Å². The van der Waals surface area contributed by atoms with Gasteiger partial charge in [0.15, 0.2) is 12.6 Å². The summed E-state index contributed by atoms with van der Waals surface area (Å²) in [7, 11) is 0. The van der Waals surface area contributed by atoms with E-state index in [-0.39, 0.29) is 12.5 Å². The van der Waals surface area contributed by atoms with Crippen LogP contribution < -0.4 is 5.32 Å². The van der Waals surface area contributed by atoms with Crippen molar-refractivity contribution in [2.24, 2.45) is 0 Å². The first kappa shape index (κ1) is 80.3. The van der Waals surface area contributed by atoms with E-state index in [1.54, 1.807) is 0 Å². The average Bonchev–Trinajstić information content (AvgIpc) is 2.54. The van der Waals surface area contributed by atoms with E-state index in [2.05, 4.69) is 55.6 Å². The summed E-state index contributed by atoms with van der Waals surface area (Å²) in [5, 5.41) is 87.7. The number of unbranched alkanes of at least 4 members (excludes halogenated alkanes) is 41. The van der Waals surface area contributed by atoms with E-state index in [1.165, 1.54) is 231 Å². The van der Waals surface area contributed by atoms with Crippen molar-refractivity contribution in [3.63, 3.8) is 0 Å². The molecule has 2 rings (SSSR count). The van der Waals surface area contributed by atoms with E-state index in [0.29, 0.717) is 12.8 Å². The molecule has 12 atom stereocenters. The van der Waals surface area contributed by atoms with Crippen molar-refractivity contribution in [3.8, 4) is 0 Å². The summed E-state index contributed by atoms with van der Waals surface area (Å²) in [6, 6.07) is -0.829. The summed E-state index contributed by atoms with van der Waals surface area (Å²) in [4.78, 5) is 13.4. The number of allylic oxidation sites excluding steroid dienone is 6. The fraction of sp³-hybridized carbons (Fsp3) is 0.903. The number of ether oxygens (including phenoxy) is 4. The van der Waals surface area contributed by atoms with Crippen LogP contribution >= 0.6 is 0 Å². The molecule has 0 aliphatic carbocycles. The molecule has 0 saturated carbocycles. The first-order chi connectivity index (χ1) is 42.1. The minimum absolute atomic E-state index is 0.202. The number of rotatable bonds is 60. The Labute approximate surface area is 525 Å². The molecule has 2 aliphatic rings. The molecule has 14 heteroatoms. The van der Waals surface area contributed by atoms with Gasteiger partial charge in [0.05, 0.1) is 32.0 Å². The van der Waals surface area contributed by atoms with Gasteiger partial charge in [-0.3, -0.25) is 4.79 Å². The van der Waals surface area contributed by atoms with Crippen molar-refractivity contribution < 1.29 is 64.6 Å². The molecule has 2 heterocycles. The summed E-state index contributed by atoms with van der Waals surface area (Å²) in [6.07, 6.45) is 55.9. The Morgan fingerprint density at radius 2 is 0.767 bits per heavy atom. The van der Waals surface area contributed by atoms with Crippen LogP contribution in [-0.4, -0.2) is 140 Å². The first-order valence-corrected chi connectivity index (χ1v) is 36.2. The van der Waals surface area contributed by atoms with Gasteiger partial charge in [0, 0.05) is 6.42 Å². The third-order valence-electron chi connectivity index (χ3n) is 17.9. The lowest BCUT2D eigenvalue weighted by Gasteiger charge is -2.46. The standard InChI is InChI=1S/C72H135NO13/c1-3-5-7-9-11-13-15-17-19-21-23-25-26-27-28-29-30-31-32-33-34-36-38-40-42-44-46-48-50-52-54-56-64(77)73-60(61(76)55-53-51-49-47-45-43-41-39-37-35-24-22-20-18-16-14-12-10-8-6-4-2)59-83-71-69(82)67(80)70(63(58-75)85-71)86-72-68(81)66(79)65(78)62(57-74)84-72/h15,17,21,23,26-27,60-63,65-72,74-76,78-82H,3-14,16,18-20,22,24-25,28-59H2,1-2H3,(H,73,77)/b17-15-,23-21-,27-26-. The molecule has 14 nitrogen and oxygen atoms in total. The van der Waals surface area contributed by atoms with E-state index in [1.807, 2.05) is 0 Å². The third kappa shape index (κ3) is 40.8. The number of hydrogen-bond acceptors (Lipinski definition) is 13. The van der Waals surface area contributed by atoms with Gasteiger partial charge in [-0.15, -0.1) is 0 Å². The fourth-order valence-corrected chi connectivity index (χ4v) is 12.1. The van der Waals surface area contributed by atoms with Crippen LogP contribution in [0.3, 0.4) is 0 Å². The molecule has 2 aliphatic heterocycles. The molecule has 0 spiro atoms. The number of carbonyl (C=O) groups excluding carboxylic acids is 1. The lowest BCUT2D eigenvalue weighted by Crippen LogP contribution is -2.65. The molecular formula is C72H135NO13. The van der Waals surface area contributed by atoms with E-state index in [4.69, 9.17) is 18.9 Å². The Morgan fingerprint density at radius 1 is 0.419 bits per heavy atom. The Morgan fingerprint density at radius 3 is 1.17 bits per heavy atom. The van der Waals surface area contributed by atoms with Gasteiger partial charge in [-0.1, -0.05) is 301 Å². The molecule has 0 bridgehead atoms. The predicted octanol–water partition coefficient (Wildman–Crippen LogP) is 14.9. The highest BCUT2D eigenvalue weighted by atomic mass is 16.7. The summed E-state index contributed by atoms with van der Waals surface area (Å²) >= 11 is 0. The highest BCUT2D eigenvalue weighted by Gasteiger charge is 2.51. The highest BCUT2D eigenvalue weighted by molar-refractivity contribution is 5.76. The summed E-state index contributed by atoms with van der Waals surface area (Å²) in [5.41, 5.74) is 0. The van der Waals surface area contributed by atoms with E-state index < -0.39 is 86.8 Å². The van der Waals surface area contributed by atoms with Crippen molar-refractivity contribution in [2.45, 2.75) is 396 Å². The molecule has 86 heavy (non-hydrogen) atoms. The molecule has 0 aromatic rings. The van der Waals surface area contributed by atoms with Crippen molar-refractivity contribution >= 4 is 5.91 Å². The number of carbonyl (C=O) groups is 1. The second kappa shape index (κ2) is 57.1. The number of hydrogen-bond donors (Lipinski definition) is 9. The van der Waals surface area contributed by atoms with Crippen molar-refractivity contribution in [3.05, 3.63) is 36.5 Å². The topological polar surface area (TPSA) is 228 Å². The lowest BCUT2D eigenvalue weighted by molar-refractivity contribution is -0.359. The number of aliphatic hydroxyl groups is 8. The average molecular weight is 1220 g/mol. The number of nitrogens with one attached hydrogen (secondary N) is 1. The zero-order valence-corrected chi connectivity index (χ0v) is 55.1. The first-order valence-electron chi connectivity index (χ1n) is 36.2. The molecule has 0 aromatic carbocycles. The second-order valence-corrected chi connectivity index (χ2v) is 25.7. The predicted molar refractivity (Wildman–Crippen MR) is 351 cm³/mol. The van der Waals surface area contributed by atoms with Gasteiger partial charge in [0.1, 0.15) is 48.8 Å². The molecule has 9 N–H and O–H groups in total. The van der Waals surface area contributed by atoms with Gasteiger partial charge < -0.3 is 65.1 Å². The molecule has 1 amide bonds. The van der Waals surface area contributed by atoms with Crippen LogP contribution in [0.1, 0.15) is 322 Å². The van der Waals surface area contributed by atoms with Crippen molar-refractivity contribution in [1.29, 1.82) is 0 Å². The van der Waals surface area contributed by atoms with Gasteiger partial charge in [-0.2, -0.15) is 0 Å². The van der Waals surface area contributed by atoms with E-state index in [0.717, 1.165) is 64.2 Å². The maximum absolute atomic E-state index is 13.4. The van der Waals surface area contributed by atoms with Crippen LogP contribution in [0.2, 0.25) is 0 Å². The normalized spacial score (nSPS) is 23.6. The lowest BCUT2D eigenvalue weighted by atomic mass is 9.97. The molecule has 2 saturated heterocycles. The van der Waals surface area contributed by atoms with Gasteiger partial charge in [-0.05, 0) is 51.4 Å². The molecule has 0 aromatic heterocycles. The van der Waals surface area contributed by atoms with Crippen molar-refractivity contribution in [2.75, 3.05) is 19.8 Å².